The van der Waals surface area contributed by atoms with Gasteiger partial charge in [0.2, 0.25) is 0 Å². The van der Waals surface area contributed by atoms with Crippen molar-refractivity contribution in [2.75, 3.05) is 7.11 Å². The van der Waals surface area contributed by atoms with Crippen molar-refractivity contribution in [3.63, 3.8) is 0 Å². The number of benzene rings is 2. The largest absolute Gasteiger partial charge is 0.467 e. The van der Waals surface area contributed by atoms with Gasteiger partial charge in [0.1, 0.15) is 0 Å². The lowest BCUT2D eigenvalue weighted by Gasteiger charge is -2.14. The fourth-order valence-corrected chi connectivity index (χ4v) is 3.70. The molecule has 0 aliphatic heterocycles. The van der Waals surface area contributed by atoms with Crippen molar-refractivity contribution in [1.82, 2.24) is 19.9 Å². The monoisotopic (exact) mass is 440 g/mol. The van der Waals surface area contributed by atoms with Gasteiger partial charge < -0.3 is 4.74 Å². The Bertz CT molecular complexity index is 1320. The second-order valence-corrected chi connectivity index (χ2v) is 8.30. The third-order valence-corrected chi connectivity index (χ3v) is 5.29. The van der Waals surface area contributed by atoms with Crippen LogP contribution in [0.3, 0.4) is 0 Å². The third kappa shape index (κ3) is 3.97. The molecule has 0 saturated heterocycles. The van der Waals surface area contributed by atoms with Gasteiger partial charge in [0.25, 0.3) is 0 Å². The second-order valence-electron chi connectivity index (χ2n) is 8.30. The van der Waals surface area contributed by atoms with Gasteiger partial charge in [0, 0.05) is 16.3 Å². The van der Waals surface area contributed by atoms with E-state index in [-0.39, 0.29) is 17.8 Å². The molecule has 0 saturated carbocycles. The maximum atomic E-state index is 13.2. The Balaban J connectivity index is 1.92. The minimum Gasteiger partial charge on any atom is -0.467 e. The third-order valence-electron chi connectivity index (χ3n) is 5.29. The van der Waals surface area contributed by atoms with Crippen LogP contribution in [0.5, 0.6) is 6.01 Å². The Morgan fingerprint density at radius 1 is 0.750 bits per heavy atom. The Morgan fingerprint density at radius 2 is 1.44 bits per heavy atom. The molecule has 2 aromatic carbocycles. The maximum Gasteiger partial charge on any atom is 0.416 e. The zero-order chi connectivity index (χ0) is 23.2. The van der Waals surface area contributed by atoms with Crippen LogP contribution in [0.25, 0.3) is 33.2 Å². The van der Waals surface area contributed by atoms with Crippen molar-refractivity contribution in [3.05, 3.63) is 53.3 Å². The molecule has 0 bridgehead atoms. The van der Waals surface area contributed by atoms with Crippen LogP contribution in [-0.2, 0) is 6.18 Å². The molecule has 0 aliphatic carbocycles. The number of fused-ring (bicyclic) bond motifs is 2. The molecule has 4 aromatic rings. The number of ether oxygens (including phenoxy) is 1. The number of rotatable bonds is 4. The molecule has 2 heterocycles. The summed E-state index contributed by atoms with van der Waals surface area (Å²) in [5.74, 6) is 0.525. The standard InChI is InChI=1S/C24H23F3N4O/c1-12(2)20-16-8-6-14(10-19(16)29-23(31-20)32-5)22-28-18-9-7-15(24(25,26)27)11-17(18)21(30-22)13(3)4/h6-13H,1-5H3. The van der Waals surface area contributed by atoms with E-state index in [1.54, 1.807) is 0 Å². The number of nitrogens with zero attached hydrogens (tertiary/aromatic N) is 4. The van der Waals surface area contributed by atoms with Crippen molar-refractivity contribution >= 4 is 21.8 Å². The van der Waals surface area contributed by atoms with Gasteiger partial charge in [-0.2, -0.15) is 23.1 Å². The van der Waals surface area contributed by atoms with E-state index in [0.717, 1.165) is 28.8 Å². The molecule has 166 valence electrons. The minimum atomic E-state index is -4.42. The summed E-state index contributed by atoms with van der Waals surface area (Å²) >= 11 is 0. The molecule has 2 aromatic heterocycles. The molecule has 0 N–H and O–H groups in total. The summed E-state index contributed by atoms with van der Waals surface area (Å²) in [6.45, 7) is 7.90. The van der Waals surface area contributed by atoms with Gasteiger partial charge in [0.15, 0.2) is 5.82 Å². The van der Waals surface area contributed by atoms with Gasteiger partial charge in [-0.05, 0) is 36.1 Å². The number of hydrogen-bond acceptors (Lipinski definition) is 5. The van der Waals surface area contributed by atoms with Crippen molar-refractivity contribution in [2.45, 2.75) is 45.7 Å². The van der Waals surface area contributed by atoms with E-state index < -0.39 is 11.7 Å². The molecule has 0 amide bonds. The first-order valence-electron chi connectivity index (χ1n) is 10.3. The van der Waals surface area contributed by atoms with Crippen LogP contribution in [0.2, 0.25) is 0 Å². The average Bonchev–Trinajstić information content (AvgIpc) is 2.75. The zero-order valence-electron chi connectivity index (χ0n) is 18.4. The predicted octanol–water partition coefficient (Wildman–Crippen LogP) is 6.51. The van der Waals surface area contributed by atoms with E-state index in [1.165, 1.54) is 13.2 Å². The van der Waals surface area contributed by atoms with Gasteiger partial charge in [-0.15, -0.1) is 0 Å². The normalized spacial score (nSPS) is 12.3. The molecule has 0 radical (unpaired) electrons. The van der Waals surface area contributed by atoms with Crippen molar-refractivity contribution in [3.8, 4) is 17.4 Å². The molecule has 0 unspecified atom stereocenters. The Labute approximate surface area is 183 Å². The molecule has 4 rings (SSSR count). The quantitative estimate of drug-likeness (QED) is 0.362. The minimum absolute atomic E-state index is 0.0850. The highest BCUT2D eigenvalue weighted by molar-refractivity contribution is 5.88. The first-order valence-corrected chi connectivity index (χ1v) is 10.3. The molecular formula is C24H23F3N4O. The molecule has 0 fully saturated rings. The number of alkyl halides is 3. The molecule has 8 heteroatoms. The van der Waals surface area contributed by atoms with Crippen LogP contribution in [0.15, 0.2) is 36.4 Å². The second kappa shape index (κ2) is 8.00. The molecule has 32 heavy (non-hydrogen) atoms. The zero-order valence-corrected chi connectivity index (χ0v) is 18.4. The van der Waals surface area contributed by atoms with Crippen LogP contribution >= 0.6 is 0 Å². The van der Waals surface area contributed by atoms with E-state index in [0.29, 0.717) is 27.9 Å². The maximum absolute atomic E-state index is 13.2. The van der Waals surface area contributed by atoms with E-state index in [4.69, 9.17) is 4.74 Å². The first-order chi connectivity index (χ1) is 15.1. The fourth-order valence-electron chi connectivity index (χ4n) is 3.70. The lowest BCUT2D eigenvalue weighted by atomic mass is 10.0. The van der Waals surface area contributed by atoms with Crippen LogP contribution in [0.4, 0.5) is 13.2 Å². The summed E-state index contributed by atoms with van der Waals surface area (Å²) < 4.78 is 44.9. The van der Waals surface area contributed by atoms with Gasteiger partial charge in [-0.25, -0.2) is 9.97 Å². The predicted molar refractivity (Wildman–Crippen MR) is 118 cm³/mol. The number of methoxy groups -OCH3 is 1. The number of halogens is 3. The van der Waals surface area contributed by atoms with Gasteiger partial charge >= 0.3 is 12.2 Å². The van der Waals surface area contributed by atoms with Crippen molar-refractivity contribution in [2.24, 2.45) is 0 Å². The van der Waals surface area contributed by atoms with Crippen molar-refractivity contribution in [1.29, 1.82) is 0 Å². The highest BCUT2D eigenvalue weighted by atomic mass is 19.4. The SMILES string of the molecule is COc1nc(C(C)C)c2ccc(-c3nc(C(C)C)c4cc(C(F)(F)F)ccc4n3)cc2n1. The Hall–Kier alpha value is -3.29. The smallest absolute Gasteiger partial charge is 0.416 e. The molecule has 5 nitrogen and oxygen atoms in total. The highest BCUT2D eigenvalue weighted by Crippen LogP contribution is 2.35. The lowest BCUT2D eigenvalue weighted by molar-refractivity contribution is -0.137. The first kappa shape index (κ1) is 21.9. The molecular weight excluding hydrogens is 417 g/mol. The summed E-state index contributed by atoms with van der Waals surface area (Å²) in [4.78, 5) is 18.2. The molecule has 0 atom stereocenters. The van der Waals surface area contributed by atoms with Gasteiger partial charge in [-0.1, -0.05) is 39.8 Å². The van der Waals surface area contributed by atoms with Crippen LogP contribution < -0.4 is 4.74 Å². The summed E-state index contributed by atoms with van der Waals surface area (Å²) in [6.07, 6.45) is -4.42. The van der Waals surface area contributed by atoms with E-state index in [1.807, 2.05) is 45.9 Å². The topological polar surface area (TPSA) is 60.8 Å². The number of aromatic nitrogens is 4. The van der Waals surface area contributed by atoms with Gasteiger partial charge in [0.05, 0.1) is 35.1 Å². The molecule has 0 aliphatic rings. The lowest BCUT2D eigenvalue weighted by Crippen LogP contribution is -2.06. The van der Waals surface area contributed by atoms with Crippen molar-refractivity contribution < 1.29 is 17.9 Å². The fraction of sp³-hybridized carbons (Fsp3) is 0.333. The summed E-state index contributed by atoms with van der Waals surface area (Å²) in [6, 6.07) is 9.53. The van der Waals surface area contributed by atoms with Crippen LogP contribution in [-0.4, -0.2) is 27.0 Å². The van der Waals surface area contributed by atoms with E-state index in [2.05, 4.69) is 19.9 Å². The summed E-state index contributed by atoms with van der Waals surface area (Å²) in [5, 5.41) is 1.31. The Morgan fingerprint density at radius 3 is 2.06 bits per heavy atom. The summed E-state index contributed by atoms with van der Waals surface area (Å²) in [7, 11) is 1.52. The Kier molecular flexibility index (Phi) is 5.48. The highest BCUT2D eigenvalue weighted by Gasteiger charge is 2.31. The molecule has 0 spiro atoms. The number of hydrogen-bond donors (Lipinski definition) is 0. The average molecular weight is 440 g/mol. The van der Waals surface area contributed by atoms with Gasteiger partial charge in [-0.3, -0.25) is 0 Å². The van der Waals surface area contributed by atoms with E-state index >= 15 is 0 Å². The summed E-state index contributed by atoms with van der Waals surface area (Å²) in [5.41, 5.74) is 2.62. The van der Waals surface area contributed by atoms with E-state index in [9.17, 15) is 13.2 Å². The van der Waals surface area contributed by atoms with Crippen LogP contribution in [0, 0.1) is 0 Å². The van der Waals surface area contributed by atoms with Crippen LogP contribution in [0.1, 0.15) is 56.5 Å².